The lowest BCUT2D eigenvalue weighted by Crippen LogP contribution is -2.14. The molecule has 0 aromatic heterocycles. The van der Waals surface area contributed by atoms with Crippen LogP contribution in [-0.4, -0.2) is 14.3 Å². The molecule has 0 aliphatic carbocycles. The first-order chi connectivity index (χ1) is 10.3. The summed E-state index contributed by atoms with van der Waals surface area (Å²) in [4.78, 5) is 10.9. The molecule has 1 amide bonds. The maximum Gasteiger partial charge on any atom is 0.262 e. The molecular weight excluding hydrogens is 331 g/mol. The highest BCUT2D eigenvalue weighted by Gasteiger charge is 2.17. The third kappa shape index (κ3) is 3.96. The van der Waals surface area contributed by atoms with Crippen molar-refractivity contribution in [3.63, 3.8) is 0 Å². The van der Waals surface area contributed by atoms with Gasteiger partial charge in [0, 0.05) is 17.6 Å². The van der Waals surface area contributed by atoms with E-state index in [1.54, 1.807) is 0 Å². The summed E-state index contributed by atoms with van der Waals surface area (Å²) >= 11 is 5.75. The molecule has 0 unspecified atom stereocenters. The van der Waals surface area contributed by atoms with Crippen LogP contribution in [0.15, 0.2) is 47.4 Å². The normalized spacial score (nSPS) is 11.0. The molecule has 0 saturated heterocycles. The third-order valence-corrected chi connectivity index (χ3v) is 4.24. The van der Waals surface area contributed by atoms with Gasteiger partial charge in [-0.25, -0.2) is 12.8 Å². The summed E-state index contributed by atoms with van der Waals surface area (Å²) in [5.74, 6) is -1.12. The molecule has 8 heteroatoms. The van der Waals surface area contributed by atoms with Crippen molar-refractivity contribution in [2.45, 2.75) is 11.8 Å². The van der Waals surface area contributed by atoms with Crippen LogP contribution in [0.2, 0.25) is 5.02 Å². The highest BCUT2D eigenvalue weighted by molar-refractivity contribution is 7.92. The van der Waals surface area contributed by atoms with E-state index in [1.807, 2.05) is 0 Å². The van der Waals surface area contributed by atoms with Crippen molar-refractivity contribution in [1.29, 1.82) is 0 Å². The van der Waals surface area contributed by atoms with Gasteiger partial charge in [-0.05, 0) is 36.4 Å². The van der Waals surface area contributed by atoms with Gasteiger partial charge in [0.1, 0.15) is 5.82 Å². The Balaban J connectivity index is 2.35. The molecule has 0 atom stereocenters. The van der Waals surface area contributed by atoms with E-state index in [0.717, 1.165) is 6.07 Å². The minimum atomic E-state index is -3.99. The number of benzene rings is 2. The highest BCUT2D eigenvalue weighted by Crippen LogP contribution is 2.24. The summed E-state index contributed by atoms with van der Waals surface area (Å²) in [5, 5.41) is 2.69. The minimum Gasteiger partial charge on any atom is -0.326 e. The van der Waals surface area contributed by atoms with Crippen molar-refractivity contribution in [2.75, 3.05) is 10.0 Å². The molecule has 2 aromatic carbocycles. The SMILES string of the molecule is CC(=O)Nc1ccc(F)c(NS(=O)(=O)c2cccc(Cl)c2)c1. The number of sulfonamides is 1. The van der Waals surface area contributed by atoms with Crippen LogP contribution in [0.5, 0.6) is 0 Å². The number of halogens is 2. The molecule has 0 aliphatic heterocycles. The summed E-state index contributed by atoms with van der Waals surface area (Å²) < 4.78 is 40.3. The van der Waals surface area contributed by atoms with Crippen LogP contribution in [-0.2, 0) is 14.8 Å². The van der Waals surface area contributed by atoms with Gasteiger partial charge in [-0.1, -0.05) is 17.7 Å². The van der Waals surface area contributed by atoms with E-state index in [1.165, 1.54) is 43.3 Å². The minimum absolute atomic E-state index is 0.0932. The average molecular weight is 343 g/mol. The van der Waals surface area contributed by atoms with Gasteiger partial charge in [-0.3, -0.25) is 9.52 Å². The van der Waals surface area contributed by atoms with E-state index >= 15 is 0 Å². The fourth-order valence-electron chi connectivity index (χ4n) is 1.72. The van der Waals surface area contributed by atoms with Gasteiger partial charge in [-0.2, -0.15) is 0 Å². The van der Waals surface area contributed by atoms with Gasteiger partial charge in [0.05, 0.1) is 10.6 Å². The molecule has 5 nitrogen and oxygen atoms in total. The Morgan fingerprint density at radius 2 is 1.91 bits per heavy atom. The zero-order valence-corrected chi connectivity index (χ0v) is 13.0. The van der Waals surface area contributed by atoms with Crippen molar-refractivity contribution in [3.8, 4) is 0 Å². The van der Waals surface area contributed by atoms with Gasteiger partial charge in [0.2, 0.25) is 5.91 Å². The van der Waals surface area contributed by atoms with Crippen molar-refractivity contribution in [1.82, 2.24) is 0 Å². The number of amides is 1. The highest BCUT2D eigenvalue weighted by atomic mass is 35.5. The molecule has 0 fully saturated rings. The monoisotopic (exact) mass is 342 g/mol. The lowest BCUT2D eigenvalue weighted by atomic mass is 10.2. The van der Waals surface area contributed by atoms with Gasteiger partial charge in [-0.15, -0.1) is 0 Å². The Hall–Kier alpha value is -2.12. The topological polar surface area (TPSA) is 75.3 Å². The van der Waals surface area contributed by atoms with Gasteiger partial charge in [0.15, 0.2) is 0 Å². The summed E-state index contributed by atoms with van der Waals surface area (Å²) in [5.41, 5.74) is 0.00363. The largest absolute Gasteiger partial charge is 0.326 e. The number of nitrogens with one attached hydrogen (secondary N) is 2. The molecule has 0 aliphatic rings. The van der Waals surface area contributed by atoms with Crippen LogP contribution >= 0.6 is 11.6 Å². The number of hydrogen-bond donors (Lipinski definition) is 2. The number of carbonyl (C=O) groups is 1. The molecule has 2 N–H and O–H groups in total. The lowest BCUT2D eigenvalue weighted by Gasteiger charge is -2.11. The Kier molecular flexibility index (Phi) is 4.68. The maximum atomic E-state index is 13.8. The second-order valence-corrected chi connectivity index (χ2v) is 6.56. The maximum absolute atomic E-state index is 13.8. The zero-order chi connectivity index (χ0) is 16.3. The molecule has 22 heavy (non-hydrogen) atoms. The van der Waals surface area contributed by atoms with Gasteiger partial charge in [0.25, 0.3) is 10.0 Å². The number of hydrogen-bond acceptors (Lipinski definition) is 3. The fraction of sp³-hybridized carbons (Fsp3) is 0.0714. The summed E-state index contributed by atoms with van der Waals surface area (Å²) in [6.07, 6.45) is 0. The smallest absolute Gasteiger partial charge is 0.262 e. The van der Waals surface area contributed by atoms with Crippen molar-refractivity contribution >= 4 is 38.9 Å². The summed E-state index contributed by atoms with van der Waals surface area (Å²) in [6.45, 7) is 1.29. The van der Waals surface area contributed by atoms with Crippen molar-refractivity contribution in [2.24, 2.45) is 0 Å². The Morgan fingerprint density at radius 1 is 1.18 bits per heavy atom. The first kappa shape index (κ1) is 16.3. The predicted molar refractivity (Wildman–Crippen MR) is 83.0 cm³/mol. The van der Waals surface area contributed by atoms with Crippen molar-refractivity contribution in [3.05, 3.63) is 53.3 Å². The molecule has 0 spiro atoms. The molecule has 0 heterocycles. The number of carbonyl (C=O) groups excluding carboxylic acids is 1. The van der Waals surface area contributed by atoms with Crippen LogP contribution in [0.3, 0.4) is 0 Å². The van der Waals surface area contributed by atoms with E-state index in [9.17, 15) is 17.6 Å². The molecule has 2 rings (SSSR count). The molecule has 116 valence electrons. The Morgan fingerprint density at radius 3 is 2.55 bits per heavy atom. The van der Waals surface area contributed by atoms with Gasteiger partial charge < -0.3 is 5.32 Å². The molecule has 0 saturated carbocycles. The Labute approximate surface area is 132 Å². The van der Waals surface area contributed by atoms with E-state index in [0.29, 0.717) is 0 Å². The van der Waals surface area contributed by atoms with Crippen LogP contribution in [0.25, 0.3) is 0 Å². The van der Waals surface area contributed by atoms with Crippen LogP contribution in [0.4, 0.5) is 15.8 Å². The first-order valence-electron chi connectivity index (χ1n) is 6.13. The van der Waals surface area contributed by atoms with Gasteiger partial charge >= 0.3 is 0 Å². The molecule has 0 bridgehead atoms. The van der Waals surface area contributed by atoms with E-state index in [2.05, 4.69) is 10.0 Å². The summed E-state index contributed by atoms with van der Waals surface area (Å²) in [6, 6.07) is 9.16. The van der Waals surface area contributed by atoms with E-state index in [-0.39, 0.29) is 27.2 Å². The molecule has 0 radical (unpaired) electrons. The lowest BCUT2D eigenvalue weighted by molar-refractivity contribution is -0.114. The second-order valence-electron chi connectivity index (χ2n) is 4.44. The van der Waals surface area contributed by atoms with E-state index < -0.39 is 15.8 Å². The molecule has 2 aromatic rings. The Bertz CT molecular complexity index is 825. The number of rotatable bonds is 4. The fourth-order valence-corrected chi connectivity index (χ4v) is 3.08. The van der Waals surface area contributed by atoms with Crippen LogP contribution in [0.1, 0.15) is 6.92 Å². The quantitative estimate of drug-likeness (QED) is 0.895. The van der Waals surface area contributed by atoms with Crippen LogP contribution in [0, 0.1) is 5.82 Å². The first-order valence-corrected chi connectivity index (χ1v) is 7.99. The summed E-state index contributed by atoms with van der Waals surface area (Å²) in [7, 11) is -3.99. The standard InChI is InChI=1S/C14H12ClFN2O3S/c1-9(19)17-11-5-6-13(16)14(8-11)18-22(20,21)12-4-2-3-10(15)7-12/h2-8,18H,1H3,(H,17,19). The number of anilines is 2. The zero-order valence-electron chi connectivity index (χ0n) is 11.4. The van der Waals surface area contributed by atoms with E-state index in [4.69, 9.17) is 11.6 Å². The average Bonchev–Trinajstić information content (AvgIpc) is 2.42. The second kappa shape index (κ2) is 6.33. The molecular formula is C14H12ClFN2O3S. The third-order valence-electron chi connectivity index (χ3n) is 2.64. The van der Waals surface area contributed by atoms with Crippen LogP contribution < -0.4 is 10.0 Å². The van der Waals surface area contributed by atoms with Crippen molar-refractivity contribution < 1.29 is 17.6 Å². The predicted octanol–water partition coefficient (Wildman–Crippen LogP) is 3.24.